The first-order valence-electron chi connectivity index (χ1n) is 7.27. The summed E-state index contributed by atoms with van der Waals surface area (Å²) in [5.41, 5.74) is -0.405. The maximum Gasteiger partial charge on any atom is 0.251 e. The second kappa shape index (κ2) is 6.35. The van der Waals surface area contributed by atoms with Crippen LogP contribution in [0.25, 0.3) is 0 Å². The molecule has 0 spiro atoms. The van der Waals surface area contributed by atoms with Crippen molar-refractivity contribution in [2.75, 3.05) is 19.8 Å². The first-order valence-corrected chi connectivity index (χ1v) is 7.27. The third-order valence-corrected chi connectivity index (χ3v) is 3.28. The highest BCUT2D eigenvalue weighted by Gasteiger charge is 2.23. The van der Waals surface area contributed by atoms with Gasteiger partial charge in [-0.15, -0.1) is 0 Å². The van der Waals surface area contributed by atoms with E-state index in [0.717, 1.165) is 0 Å². The maximum absolute atomic E-state index is 12.1. The van der Waals surface area contributed by atoms with Crippen molar-refractivity contribution in [3.05, 3.63) is 23.8 Å². The molecule has 1 atom stereocenters. The van der Waals surface area contributed by atoms with Crippen LogP contribution in [0.15, 0.2) is 18.2 Å². The van der Waals surface area contributed by atoms with Gasteiger partial charge >= 0.3 is 0 Å². The molecule has 0 aliphatic carbocycles. The molecular weight excluding hydrogens is 270 g/mol. The summed E-state index contributed by atoms with van der Waals surface area (Å²) in [5, 5.41) is 13.0. The number of rotatable bonds is 5. The van der Waals surface area contributed by atoms with Gasteiger partial charge in [0.25, 0.3) is 5.91 Å². The lowest BCUT2D eigenvalue weighted by atomic mass is 9.94. The van der Waals surface area contributed by atoms with E-state index < -0.39 is 5.60 Å². The predicted octanol–water partition coefficient (Wildman–Crippen LogP) is 1.98. The van der Waals surface area contributed by atoms with Crippen LogP contribution in [0.3, 0.4) is 0 Å². The molecule has 1 aromatic rings. The van der Waals surface area contributed by atoms with E-state index in [4.69, 9.17) is 9.47 Å². The van der Waals surface area contributed by atoms with Crippen molar-refractivity contribution >= 4 is 5.91 Å². The van der Waals surface area contributed by atoms with Crippen LogP contribution in [0.2, 0.25) is 0 Å². The number of carbonyl (C=O) groups excluding carboxylic acids is 1. The standard InChI is InChI=1S/C16H23NO4/c1-11(2)9-16(3,19)10-17-15(18)12-4-5-13-14(8-12)21-7-6-20-13/h4-5,8,11,19H,6-7,9-10H2,1-3H3,(H,17,18). The van der Waals surface area contributed by atoms with Crippen molar-refractivity contribution in [1.82, 2.24) is 5.32 Å². The molecule has 0 bridgehead atoms. The monoisotopic (exact) mass is 293 g/mol. The highest BCUT2D eigenvalue weighted by Crippen LogP contribution is 2.30. The third kappa shape index (κ3) is 4.36. The van der Waals surface area contributed by atoms with E-state index in [-0.39, 0.29) is 12.5 Å². The van der Waals surface area contributed by atoms with Crippen LogP contribution in [-0.2, 0) is 0 Å². The van der Waals surface area contributed by atoms with Crippen LogP contribution in [0, 0.1) is 5.92 Å². The van der Waals surface area contributed by atoms with E-state index in [1.807, 2.05) is 13.8 Å². The van der Waals surface area contributed by atoms with E-state index in [0.29, 0.717) is 42.6 Å². The van der Waals surface area contributed by atoms with Gasteiger partial charge in [0.15, 0.2) is 11.5 Å². The zero-order valence-electron chi connectivity index (χ0n) is 12.8. The van der Waals surface area contributed by atoms with Crippen molar-refractivity contribution in [2.24, 2.45) is 5.92 Å². The molecule has 0 radical (unpaired) electrons. The van der Waals surface area contributed by atoms with E-state index in [1.54, 1.807) is 25.1 Å². The lowest BCUT2D eigenvalue weighted by Gasteiger charge is -2.25. The minimum Gasteiger partial charge on any atom is -0.486 e. The number of fused-ring (bicyclic) bond motifs is 1. The van der Waals surface area contributed by atoms with E-state index in [9.17, 15) is 9.90 Å². The van der Waals surface area contributed by atoms with Gasteiger partial charge in [0.1, 0.15) is 13.2 Å². The van der Waals surface area contributed by atoms with Crippen molar-refractivity contribution in [3.63, 3.8) is 0 Å². The van der Waals surface area contributed by atoms with Crippen molar-refractivity contribution in [1.29, 1.82) is 0 Å². The molecule has 0 fully saturated rings. The normalized spacial score (nSPS) is 16.4. The molecule has 0 aromatic heterocycles. The van der Waals surface area contributed by atoms with E-state index in [1.165, 1.54) is 0 Å². The van der Waals surface area contributed by atoms with Crippen molar-refractivity contribution < 1.29 is 19.4 Å². The van der Waals surface area contributed by atoms with Crippen molar-refractivity contribution in [3.8, 4) is 11.5 Å². The third-order valence-electron chi connectivity index (χ3n) is 3.28. The molecule has 116 valence electrons. The highest BCUT2D eigenvalue weighted by atomic mass is 16.6. The van der Waals surface area contributed by atoms with Gasteiger partial charge in [-0.2, -0.15) is 0 Å². The lowest BCUT2D eigenvalue weighted by molar-refractivity contribution is 0.0368. The SMILES string of the molecule is CC(C)CC(C)(O)CNC(=O)c1ccc2c(c1)OCCO2. The molecule has 0 saturated heterocycles. The Labute approximate surface area is 125 Å². The van der Waals surface area contributed by atoms with Gasteiger partial charge in [-0.05, 0) is 37.5 Å². The summed E-state index contributed by atoms with van der Waals surface area (Å²) >= 11 is 0. The molecule has 1 aromatic carbocycles. The minimum atomic E-state index is -0.905. The number of carbonyl (C=O) groups is 1. The molecule has 5 heteroatoms. The number of nitrogens with one attached hydrogen (secondary N) is 1. The smallest absolute Gasteiger partial charge is 0.251 e. The molecular formula is C16H23NO4. The Balaban J connectivity index is 1.97. The van der Waals surface area contributed by atoms with Gasteiger partial charge < -0.3 is 19.9 Å². The molecule has 5 nitrogen and oxygen atoms in total. The van der Waals surface area contributed by atoms with Gasteiger partial charge in [0, 0.05) is 12.1 Å². The number of hydrogen-bond donors (Lipinski definition) is 2. The summed E-state index contributed by atoms with van der Waals surface area (Å²) < 4.78 is 10.9. The van der Waals surface area contributed by atoms with Crippen LogP contribution in [-0.4, -0.2) is 36.4 Å². The molecule has 0 saturated carbocycles. The first kappa shape index (κ1) is 15.6. The highest BCUT2D eigenvalue weighted by molar-refractivity contribution is 5.94. The van der Waals surface area contributed by atoms with E-state index in [2.05, 4.69) is 5.32 Å². The van der Waals surface area contributed by atoms with Gasteiger partial charge in [-0.3, -0.25) is 4.79 Å². The number of hydrogen-bond acceptors (Lipinski definition) is 4. The Bertz CT molecular complexity index is 511. The molecule has 2 rings (SSSR count). The number of aliphatic hydroxyl groups is 1. The van der Waals surface area contributed by atoms with Gasteiger partial charge in [0.05, 0.1) is 5.60 Å². The maximum atomic E-state index is 12.1. The predicted molar refractivity (Wildman–Crippen MR) is 79.8 cm³/mol. The van der Waals surface area contributed by atoms with Crippen LogP contribution in [0.5, 0.6) is 11.5 Å². The summed E-state index contributed by atoms with van der Waals surface area (Å²) in [6.07, 6.45) is 0.633. The Hall–Kier alpha value is -1.75. The van der Waals surface area contributed by atoms with Crippen molar-refractivity contribution in [2.45, 2.75) is 32.8 Å². The Morgan fingerprint density at radius 2 is 2.00 bits per heavy atom. The minimum absolute atomic E-state index is 0.221. The van der Waals surface area contributed by atoms with Crippen LogP contribution in [0.4, 0.5) is 0 Å². The molecule has 1 unspecified atom stereocenters. The van der Waals surface area contributed by atoms with Crippen LogP contribution >= 0.6 is 0 Å². The summed E-state index contributed by atoms with van der Waals surface area (Å²) in [7, 11) is 0. The average Bonchev–Trinajstić information content (AvgIpc) is 2.43. The molecule has 1 heterocycles. The van der Waals surface area contributed by atoms with Gasteiger partial charge in [-0.1, -0.05) is 13.8 Å². The van der Waals surface area contributed by atoms with Crippen LogP contribution in [0.1, 0.15) is 37.6 Å². The molecule has 1 amide bonds. The summed E-state index contributed by atoms with van der Waals surface area (Å²) in [5.74, 6) is 1.38. The summed E-state index contributed by atoms with van der Waals surface area (Å²) in [6.45, 7) is 7.04. The van der Waals surface area contributed by atoms with Gasteiger partial charge in [-0.25, -0.2) is 0 Å². The second-order valence-electron chi connectivity index (χ2n) is 6.14. The fourth-order valence-electron chi connectivity index (χ4n) is 2.51. The zero-order chi connectivity index (χ0) is 15.5. The molecule has 21 heavy (non-hydrogen) atoms. The Morgan fingerprint density at radius 1 is 1.33 bits per heavy atom. The molecule has 1 aliphatic heterocycles. The Kier molecular flexibility index (Phi) is 4.73. The van der Waals surface area contributed by atoms with Gasteiger partial charge in [0.2, 0.25) is 0 Å². The van der Waals surface area contributed by atoms with Crippen LogP contribution < -0.4 is 14.8 Å². The number of ether oxygens (including phenoxy) is 2. The van der Waals surface area contributed by atoms with E-state index >= 15 is 0 Å². The molecule has 2 N–H and O–H groups in total. The number of benzene rings is 1. The lowest BCUT2D eigenvalue weighted by Crippen LogP contribution is -2.41. The average molecular weight is 293 g/mol. The topological polar surface area (TPSA) is 67.8 Å². The summed E-state index contributed by atoms with van der Waals surface area (Å²) in [4.78, 5) is 12.1. The quantitative estimate of drug-likeness (QED) is 0.871. The summed E-state index contributed by atoms with van der Waals surface area (Å²) in [6, 6.07) is 5.09. The zero-order valence-corrected chi connectivity index (χ0v) is 12.8. The second-order valence-corrected chi connectivity index (χ2v) is 6.14. The first-order chi connectivity index (χ1) is 9.87. The number of amides is 1. The molecule has 1 aliphatic rings. The largest absolute Gasteiger partial charge is 0.486 e. The fourth-order valence-corrected chi connectivity index (χ4v) is 2.51. The Morgan fingerprint density at radius 3 is 2.67 bits per heavy atom. The fraction of sp³-hybridized carbons (Fsp3) is 0.562.